The average molecular weight is 373 g/mol. The Morgan fingerprint density at radius 2 is 2.04 bits per heavy atom. The number of nitrogens with zero attached hydrogens (tertiary/aromatic N) is 1. The van der Waals surface area contributed by atoms with Gasteiger partial charge in [0.2, 0.25) is 0 Å². The highest BCUT2D eigenvalue weighted by Gasteiger charge is 2.36. The van der Waals surface area contributed by atoms with E-state index in [9.17, 15) is 14.7 Å². The average Bonchev–Trinajstić information content (AvgIpc) is 2.61. The van der Waals surface area contributed by atoms with E-state index in [2.05, 4.69) is 15.3 Å². The van der Waals surface area contributed by atoms with Gasteiger partial charge in [-0.25, -0.2) is 9.78 Å². The van der Waals surface area contributed by atoms with E-state index in [1.165, 1.54) is 31.0 Å². The van der Waals surface area contributed by atoms with Crippen molar-refractivity contribution in [1.29, 1.82) is 0 Å². The second-order valence-electron chi connectivity index (χ2n) is 5.75. The molecule has 1 aromatic heterocycles. The Labute approximate surface area is 154 Å². The van der Waals surface area contributed by atoms with Gasteiger partial charge in [0.25, 0.3) is 5.56 Å². The number of benzene rings is 1. The molecule has 0 aliphatic carbocycles. The molecule has 0 radical (unpaired) electrons. The number of carbonyl (C=O) groups is 1. The summed E-state index contributed by atoms with van der Waals surface area (Å²) in [5.41, 5.74) is 1.64. The Hall–Kier alpha value is -2.74. The SMILES string of the molecule is CCSc1nc2c(c(=O)[nH]1)[C@H](c1ccc(O)cc1)C(C(=O)OC)=C(C)N2. The summed E-state index contributed by atoms with van der Waals surface area (Å²) in [5, 5.41) is 13.2. The topological polar surface area (TPSA) is 104 Å². The van der Waals surface area contributed by atoms with Crippen molar-refractivity contribution in [3.63, 3.8) is 0 Å². The summed E-state index contributed by atoms with van der Waals surface area (Å²) in [4.78, 5) is 32.5. The highest BCUT2D eigenvalue weighted by Crippen LogP contribution is 2.40. The molecule has 1 atom stereocenters. The van der Waals surface area contributed by atoms with Crippen LogP contribution in [0.25, 0.3) is 0 Å². The number of phenolic OH excluding ortho intramolecular Hbond substituents is 1. The van der Waals surface area contributed by atoms with Crippen LogP contribution in [-0.2, 0) is 9.53 Å². The van der Waals surface area contributed by atoms with E-state index in [4.69, 9.17) is 4.74 Å². The van der Waals surface area contributed by atoms with Gasteiger partial charge in [0.1, 0.15) is 11.6 Å². The number of rotatable bonds is 4. The van der Waals surface area contributed by atoms with E-state index in [1.807, 2.05) is 6.92 Å². The van der Waals surface area contributed by atoms with Crippen molar-refractivity contribution in [3.05, 3.63) is 57.0 Å². The fourth-order valence-electron chi connectivity index (χ4n) is 3.02. The minimum Gasteiger partial charge on any atom is -0.508 e. The maximum atomic E-state index is 12.8. The molecule has 1 aliphatic heterocycles. The van der Waals surface area contributed by atoms with E-state index in [1.54, 1.807) is 19.1 Å². The molecule has 136 valence electrons. The van der Waals surface area contributed by atoms with Crippen molar-refractivity contribution in [2.24, 2.45) is 0 Å². The number of aromatic amines is 1. The van der Waals surface area contributed by atoms with Crippen LogP contribution in [0.15, 0.2) is 45.5 Å². The van der Waals surface area contributed by atoms with Crippen LogP contribution < -0.4 is 10.9 Å². The molecule has 3 N–H and O–H groups in total. The van der Waals surface area contributed by atoms with Crippen LogP contribution in [0.3, 0.4) is 0 Å². The van der Waals surface area contributed by atoms with Crippen LogP contribution in [0.5, 0.6) is 5.75 Å². The summed E-state index contributed by atoms with van der Waals surface area (Å²) in [6.07, 6.45) is 0. The van der Waals surface area contributed by atoms with Crippen LogP contribution in [0.1, 0.15) is 30.9 Å². The molecule has 8 heteroatoms. The van der Waals surface area contributed by atoms with Crippen molar-refractivity contribution in [2.75, 3.05) is 18.2 Å². The standard InChI is InChI=1S/C18H19N3O4S/c1-4-26-18-20-15-14(16(23)21-18)13(10-5-7-11(22)8-6-10)12(9(2)19-15)17(24)25-3/h5-8,13,22H,4H2,1-3H3,(H2,19,20,21,23)/t13-/m1/s1. The van der Waals surface area contributed by atoms with Gasteiger partial charge in [-0.15, -0.1) is 0 Å². The molecule has 1 aliphatic rings. The van der Waals surface area contributed by atoms with Gasteiger partial charge >= 0.3 is 5.97 Å². The number of carbonyl (C=O) groups excluding carboxylic acids is 1. The lowest BCUT2D eigenvalue weighted by Crippen LogP contribution is -2.30. The van der Waals surface area contributed by atoms with Crippen molar-refractivity contribution < 1.29 is 14.6 Å². The highest BCUT2D eigenvalue weighted by molar-refractivity contribution is 7.99. The molecule has 0 saturated heterocycles. The number of methoxy groups -OCH3 is 1. The zero-order valence-electron chi connectivity index (χ0n) is 14.6. The molecular formula is C18H19N3O4S. The monoisotopic (exact) mass is 373 g/mol. The number of esters is 1. The molecule has 0 fully saturated rings. The second kappa shape index (κ2) is 7.25. The van der Waals surface area contributed by atoms with Gasteiger partial charge in [0.15, 0.2) is 5.16 Å². The lowest BCUT2D eigenvalue weighted by Gasteiger charge is -2.28. The molecule has 2 aromatic rings. The molecule has 0 amide bonds. The van der Waals surface area contributed by atoms with Gasteiger partial charge in [-0.2, -0.15) is 0 Å². The van der Waals surface area contributed by atoms with E-state index in [0.29, 0.717) is 33.4 Å². The lowest BCUT2D eigenvalue weighted by atomic mass is 9.82. The van der Waals surface area contributed by atoms with Gasteiger partial charge in [-0.1, -0.05) is 30.8 Å². The number of nitrogens with one attached hydrogen (secondary N) is 2. The molecule has 0 bridgehead atoms. The number of H-pyrrole nitrogens is 1. The van der Waals surface area contributed by atoms with Crippen molar-refractivity contribution >= 4 is 23.5 Å². The summed E-state index contributed by atoms with van der Waals surface area (Å²) in [6, 6.07) is 6.40. The number of thioether (sulfide) groups is 1. The molecule has 0 unspecified atom stereocenters. The van der Waals surface area contributed by atoms with Crippen LogP contribution >= 0.6 is 11.8 Å². The van der Waals surface area contributed by atoms with Gasteiger partial charge < -0.3 is 20.1 Å². The van der Waals surface area contributed by atoms with E-state index >= 15 is 0 Å². The van der Waals surface area contributed by atoms with Gasteiger partial charge in [-0.05, 0) is 30.4 Å². The maximum absolute atomic E-state index is 12.8. The number of phenols is 1. The van der Waals surface area contributed by atoms with Gasteiger partial charge in [-0.3, -0.25) is 4.79 Å². The second-order valence-corrected chi connectivity index (χ2v) is 7.00. The predicted molar refractivity (Wildman–Crippen MR) is 99.5 cm³/mol. The molecule has 7 nitrogen and oxygen atoms in total. The van der Waals surface area contributed by atoms with Crippen LogP contribution in [0.2, 0.25) is 0 Å². The number of hydrogen-bond acceptors (Lipinski definition) is 7. The largest absolute Gasteiger partial charge is 0.508 e. The van der Waals surface area contributed by atoms with Gasteiger partial charge in [0, 0.05) is 5.70 Å². The molecule has 26 heavy (non-hydrogen) atoms. The third-order valence-corrected chi connectivity index (χ3v) is 4.89. The summed E-state index contributed by atoms with van der Waals surface area (Å²) in [5.74, 6) is 0.130. The minimum atomic E-state index is -0.642. The fourth-order valence-corrected chi connectivity index (χ4v) is 3.61. The summed E-state index contributed by atoms with van der Waals surface area (Å²) >= 11 is 1.43. The van der Waals surface area contributed by atoms with E-state index < -0.39 is 11.9 Å². The zero-order chi connectivity index (χ0) is 18.8. The minimum absolute atomic E-state index is 0.102. The first-order chi connectivity index (χ1) is 12.5. The molecule has 2 heterocycles. The van der Waals surface area contributed by atoms with Gasteiger partial charge in [0.05, 0.1) is 24.2 Å². The van der Waals surface area contributed by atoms with E-state index in [-0.39, 0.29) is 11.3 Å². The first kappa shape index (κ1) is 18.1. The number of aromatic hydroxyl groups is 1. The quantitative estimate of drug-likeness (QED) is 0.430. The third-order valence-electron chi connectivity index (χ3n) is 4.13. The molecular weight excluding hydrogens is 354 g/mol. The smallest absolute Gasteiger partial charge is 0.336 e. The van der Waals surface area contributed by atoms with Crippen LogP contribution in [-0.4, -0.2) is 33.9 Å². The zero-order valence-corrected chi connectivity index (χ0v) is 15.4. The molecule has 3 rings (SSSR count). The number of fused-ring (bicyclic) bond motifs is 1. The van der Waals surface area contributed by atoms with Crippen molar-refractivity contribution in [1.82, 2.24) is 9.97 Å². The molecule has 0 spiro atoms. The highest BCUT2D eigenvalue weighted by atomic mass is 32.2. The van der Waals surface area contributed by atoms with Crippen LogP contribution in [0, 0.1) is 0 Å². The van der Waals surface area contributed by atoms with Crippen molar-refractivity contribution in [3.8, 4) is 5.75 Å². The molecule has 1 aromatic carbocycles. The number of aromatic nitrogens is 2. The Kier molecular flexibility index (Phi) is 5.03. The number of anilines is 1. The summed E-state index contributed by atoms with van der Waals surface area (Å²) in [6.45, 7) is 3.72. The Balaban J connectivity index is 2.25. The maximum Gasteiger partial charge on any atom is 0.336 e. The first-order valence-corrected chi connectivity index (χ1v) is 9.06. The Bertz CT molecular complexity index is 934. The predicted octanol–water partition coefficient (Wildman–Crippen LogP) is 2.59. The van der Waals surface area contributed by atoms with Crippen molar-refractivity contribution in [2.45, 2.75) is 24.9 Å². The molecule has 0 saturated carbocycles. The summed E-state index contributed by atoms with van der Waals surface area (Å²) in [7, 11) is 1.30. The summed E-state index contributed by atoms with van der Waals surface area (Å²) < 4.78 is 4.93. The number of ether oxygens (including phenoxy) is 1. The first-order valence-electron chi connectivity index (χ1n) is 8.08. The lowest BCUT2D eigenvalue weighted by molar-refractivity contribution is -0.136. The Morgan fingerprint density at radius 3 is 2.65 bits per heavy atom. The normalized spacial score (nSPS) is 16.0. The van der Waals surface area contributed by atoms with E-state index in [0.717, 1.165) is 5.75 Å². The Morgan fingerprint density at radius 1 is 1.35 bits per heavy atom. The number of allylic oxidation sites excluding steroid dienone is 1. The number of hydrogen-bond donors (Lipinski definition) is 3. The third kappa shape index (κ3) is 3.20. The fraction of sp³-hybridized carbons (Fsp3) is 0.278. The van der Waals surface area contributed by atoms with Crippen LogP contribution in [0.4, 0.5) is 5.82 Å².